The molecular weight excluding hydrogens is 228 g/mol. The first-order valence-corrected chi connectivity index (χ1v) is 5.05. The zero-order chi connectivity index (χ0) is 9.84. The monoisotopic (exact) mass is 240 g/mol. The van der Waals surface area contributed by atoms with E-state index in [2.05, 4.69) is 22.9 Å². The van der Waals surface area contributed by atoms with E-state index in [4.69, 9.17) is 0 Å². The minimum atomic E-state index is 0.214. The Morgan fingerprint density at radius 1 is 1.46 bits per heavy atom. The van der Waals surface area contributed by atoms with Crippen LogP contribution in [0.4, 0.5) is 0 Å². The molecule has 1 unspecified atom stereocenters. The van der Waals surface area contributed by atoms with Gasteiger partial charge in [0, 0.05) is 11.5 Å². The molecule has 0 saturated heterocycles. The second-order valence-corrected chi connectivity index (χ2v) is 3.87. The molecule has 1 N–H and O–H groups in total. The summed E-state index contributed by atoms with van der Waals surface area (Å²) in [6.45, 7) is 4.03. The van der Waals surface area contributed by atoms with Crippen molar-refractivity contribution in [3.05, 3.63) is 40.4 Å². The van der Waals surface area contributed by atoms with Gasteiger partial charge in [0.25, 0.3) is 0 Å². The van der Waals surface area contributed by atoms with E-state index in [9.17, 15) is 5.11 Å². The molecule has 13 heavy (non-hydrogen) atoms. The third kappa shape index (κ3) is 2.34. The first-order chi connectivity index (χ1) is 6.16. The van der Waals surface area contributed by atoms with Crippen molar-refractivity contribution in [3.8, 4) is 5.75 Å². The topological polar surface area (TPSA) is 20.2 Å². The van der Waals surface area contributed by atoms with Gasteiger partial charge < -0.3 is 5.11 Å². The van der Waals surface area contributed by atoms with Crippen LogP contribution in [0.5, 0.6) is 5.75 Å². The Balaban J connectivity index is 3.02. The Morgan fingerprint density at radius 2 is 2.08 bits per heavy atom. The maximum absolute atomic E-state index is 9.58. The van der Waals surface area contributed by atoms with Crippen LogP contribution in [0, 0.1) is 0 Å². The molecular formula is C11H13BrO. The lowest BCUT2D eigenvalue weighted by Crippen LogP contribution is -1.92. The predicted octanol–water partition coefficient (Wildman–Crippen LogP) is 3.79. The summed E-state index contributed by atoms with van der Waals surface area (Å²) >= 11 is 3.46. The molecule has 1 atom stereocenters. The maximum Gasteiger partial charge on any atom is 0.119 e. The van der Waals surface area contributed by atoms with E-state index in [1.807, 2.05) is 31.2 Å². The van der Waals surface area contributed by atoms with E-state index in [0.717, 1.165) is 10.0 Å². The van der Waals surface area contributed by atoms with Crippen molar-refractivity contribution in [1.29, 1.82) is 0 Å². The van der Waals surface area contributed by atoms with Crippen LogP contribution in [-0.2, 0) is 0 Å². The normalized spacial score (nSPS) is 14.2. The number of phenolic OH excluding ortho intramolecular Hbond substituents is 1. The van der Waals surface area contributed by atoms with Gasteiger partial charge in [0.05, 0.1) is 0 Å². The highest BCUT2D eigenvalue weighted by molar-refractivity contribution is 9.11. The van der Waals surface area contributed by atoms with Crippen LogP contribution in [0.3, 0.4) is 0 Å². The molecule has 0 fully saturated rings. The molecule has 0 aromatic heterocycles. The Bertz CT molecular complexity index is 318. The fraction of sp³-hybridized carbons (Fsp3) is 0.273. The number of aromatic hydroxyl groups is 1. The van der Waals surface area contributed by atoms with Crippen LogP contribution in [0.15, 0.2) is 34.8 Å². The van der Waals surface area contributed by atoms with Crippen molar-refractivity contribution < 1.29 is 5.11 Å². The summed E-state index contributed by atoms with van der Waals surface area (Å²) in [5, 5.41) is 9.58. The largest absolute Gasteiger partial charge is 0.508 e. The van der Waals surface area contributed by atoms with E-state index in [1.165, 1.54) is 0 Å². The fourth-order valence-corrected chi connectivity index (χ4v) is 1.50. The lowest BCUT2D eigenvalue weighted by atomic mass is 10.00. The molecule has 0 bridgehead atoms. The standard InChI is InChI=1S/C11H13BrO/c1-3-10(12)8(2)9-6-4-5-7-11(9)13/h3-8,13H,1-2H3/b10-3-. The van der Waals surface area contributed by atoms with Gasteiger partial charge in [0.1, 0.15) is 5.75 Å². The summed E-state index contributed by atoms with van der Waals surface area (Å²) in [5.41, 5.74) is 0.951. The molecule has 1 aromatic carbocycles. The number of halogens is 1. The van der Waals surface area contributed by atoms with Crippen molar-refractivity contribution in [1.82, 2.24) is 0 Å². The van der Waals surface area contributed by atoms with E-state index in [-0.39, 0.29) is 5.92 Å². The first kappa shape index (κ1) is 10.3. The second kappa shape index (κ2) is 4.47. The third-order valence-electron chi connectivity index (χ3n) is 2.09. The SMILES string of the molecule is C/C=C(\Br)C(C)c1ccccc1O. The molecule has 1 nitrogen and oxygen atoms in total. The Morgan fingerprint density at radius 3 is 2.62 bits per heavy atom. The van der Waals surface area contributed by atoms with Gasteiger partial charge >= 0.3 is 0 Å². The van der Waals surface area contributed by atoms with Gasteiger partial charge in [0.2, 0.25) is 0 Å². The van der Waals surface area contributed by atoms with Crippen molar-refractivity contribution in [2.45, 2.75) is 19.8 Å². The molecule has 0 amide bonds. The van der Waals surface area contributed by atoms with Gasteiger partial charge in [-0.2, -0.15) is 0 Å². The summed E-state index contributed by atoms with van der Waals surface area (Å²) in [4.78, 5) is 0. The zero-order valence-corrected chi connectivity index (χ0v) is 9.38. The fourth-order valence-electron chi connectivity index (χ4n) is 1.25. The summed E-state index contributed by atoms with van der Waals surface area (Å²) in [5.74, 6) is 0.569. The van der Waals surface area contributed by atoms with E-state index < -0.39 is 0 Å². The first-order valence-electron chi connectivity index (χ1n) is 4.26. The Labute approximate surface area is 87.2 Å². The lowest BCUT2D eigenvalue weighted by molar-refractivity contribution is 0.466. The average Bonchev–Trinajstić information content (AvgIpc) is 2.16. The number of phenols is 1. The minimum Gasteiger partial charge on any atom is -0.508 e. The predicted molar refractivity (Wildman–Crippen MR) is 59.2 cm³/mol. The molecule has 70 valence electrons. The maximum atomic E-state index is 9.58. The van der Waals surface area contributed by atoms with Gasteiger partial charge in [-0.3, -0.25) is 0 Å². The van der Waals surface area contributed by atoms with E-state index in [0.29, 0.717) is 5.75 Å². The number of rotatable bonds is 2. The molecule has 0 spiro atoms. The van der Waals surface area contributed by atoms with Crippen LogP contribution in [0.1, 0.15) is 25.3 Å². The molecule has 0 aliphatic carbocycles. The van der Waals surface area contributed by atoms with Crippen molar-refractivity contribution in [2.24, 2.45) is 0 Å². The Kier molecular flexibility index (Phi) is 3.55. The second-order valence-electron chi connectivity index (χ2n) is 2.95. The zero-order valence-electron chi connectivity index (χ0n) is 7.79. The molecule has 0 aliphatic heterocycles. The number of benzene rings is 1. The molecule has 1 aromatic rings. The molecule has 0 saturated carbocycles. The van der Waals surface area contributed by atoms with Gasteiger partial charge in [0.15, 0.2) is 0 Å². The van der Waals surface area contributed by atoms with E-state index >= 15 is 0 Å². The summed E-state index contributed by atoms with van der Waals surface area (Å²) in [7, 11) is 0. The summed E-state index contributed by atoms with van der Waals surface area (Å²) in [6.07, 6.45) is 2.00. The van der Waals surface area contributed by atoms with Crippen molar-refractivity contribution >= 4 is 15.9 Å². The number of allylic oxidation sites excluding steroid dienone is 2. The highest BCUT2D eigenvalue weighted by Gasteiger charge is 2.11. The minimum absolute atomic E-state index is 0.214. The van der Waals surface area contributed by atoms with Crippen LogP contribution in [0.25, 0.3) is 0 Å². The number of hydrogen-bond acceptors (Lipinski definition) is 1. The smallest absolute Gasteiger partial charge is 0.119 e. The lowest BCUT2D eigenvalue weighted by Gasteiger charge is -2.12. The molecule has 0 aliphatic rings. The average molecular weight is 241 g/mol. The van der Waals surface area contributed by atoms with Crippen LogP contribution >= 0.6 is 15.9 Å². The number of para-hydroxylation sites is 1. The van der Waals surface area contributed by atoms with Gasteiger partial charge in [-0.05, 0) is 17.5 Å². The van der Waals surface area contributed by atoms with E-state index in [1.54, 1.807) is 6.07 Å². The van der Waals surface area contributed by atoms with Gasteiger partial charge in [-0.1, -0.05) is 47.1 Å². The van der Waals surface area contributed by atoms with Crippen LogP contribution in [0.2, 0.25) is 0 Å². The highest BCUT2D eigenvalue weighted by Crippen LogP contribution is 2.33. The van der Waals surface area contributed by atoms with Gasteiger partial charge in [-0.25, -0.2) is 0 Å². The molecule has 1 rings (SSSR count). The third-order valence-corrected chi connectivity index (χ3v) is 3.24. The quantitative estimate of drug-likeness (QED) is 0.834. The molecule has 0 radical (unpaired) electrons. The van der Waals surface area contributed by atoms with Crippen LogP contribution < -0.4 is 0 Å². The number of hydrogen-bond donors (Lipinski definition) is 1. The molecule has 2 heteroatoms. The van der Waals surface area contributed by atoms with Crippen molar-refractivity contribution in [2.75, 3.05) is 0 Å². The molecule has 0 heterocycles. The summed E-state index contributed by atoms with van der Waals surface area (Å²) in [6, 6.07) is 7.41. The van der Waals surface area contributed by atoms with Crippen molar-refractivity contribution in [3.63, 3.8) is 0 Å². The highest BCUT2D eigenvalue weighted by atomic mass is 79.9. The summed E-state index contributed by atoms with van der Waals surface area (Å²) < 4.78 is 1.09. The van der Waals surface area contributed by atoms with Crippen LogP contribution in [-0.4, -0.2) is 5.11 Å². The Hall–Kier alpha value is -0.760. The van der Waals surface area contributed by atoms with Gasteiger partial charge in [-0.15, -0.1) is 0 Å².